The second kappa shape index (κ2) is 4.91. The Morgan fingerprint density at radius 1 is 1.62 bits per heavy atom. The first kappa shape index (κ1) is 13.1. The Morgan fingerprint density at radius 2 is 2.25 bits per heavy atom. The molecule has 1 heterocycles. The Labute approximate surface area is 100 Å². The highest BCUT2D eigenvalue weighted by Crippen LogP contribution is 2.28. The fourth-order valence-corrected chi connectivity index (χ4v) is 2.08. The number of hydrogen-bond donors (Lipinski definition) is 1. The molecule has 0 radical (unpaired) electrons. The van der Waals surface area contributed by atoms with Crippen molar-refractivity contribution in [3.05, 3.63) is 18.2 Å². The SMILES string of the molecule is CC(C)n1cncc1CSC(C)(C)C(=O)O. The van der Waals surface area contributed by atoms with E-state index in [-0.39, 0.29) is 0 Å². The number of carbonyl (C=O) groups is 1. The van der Waals surface area contributed by atoms with E-state index in [9.17, 15) is 4.79 Å². The molecule has 0 saturated heterocycles. The largest absolute Gasteiger partial charge is 0.480 e. The number of nitrogens with zero attached hydrogens (tertiary/aromatic N) is 2. The van der Waals surface area contributed by atoms with E-state index in [2.05, 4.69) is 23.4 Å². The summed E-state index contributed by atoms with van der Waals surface area (Å²) in [6.45, 7) is 7.60. The fourth-order valence-electron chi connectivity index (χ4n) is 1.22. The molecule has 0 aromatic carbocycles. The number of imidazole rings is 1. The van der Waals surface area contributed by atoms with Gasteiger partial charge >= 0.3 is 5.97 Å². The Morgan fingerprint density at radius 3 is 2.75 bits per heavy atom. The van der Waals surface area contributed by atoms with Gasteiger partial charge in [-0.2, -0.15) is 0 Å². The quantitative estimate of drug-likeness (QED) is 0.862. The zero-order chi connectivity index (χ0) is 12.3. The molecule has 16 heavy (non-hydrogen) atoms. The van der Waals surface area contributed by atoms with Crippen LogP contribution in [-0.4, -0.2) is 25.4 Å². The van der Waals surface area contributed by atoms with Crippen molar-refractivity contribution in [1.29, 1.82) is 0 Å². The summed E-state index contributed by atoms with van der Waals surface area (Å²) in [6.07, 6.45) is 3.58. The predicted molar refractivity (Wildman–Crippen MR) is 65.6 cm³/mol. The van der Waals surface area contributed by atoms with E-state index in [1.54, 1.807) is 26.4 Å². The molecule has 1 aromatic heterocycles. The molecule has 5 heteroatoms. The van der Waals surface area contributed by atoms with Gasteiger partial charge in [0.25, 0.3) is 0 Å². The number of carboxylic acids is 1. The molecule has 0 amide bonds. The topological polar surface area (TPSA) is 55.1 Å². The van der Waals surface area contributed by atoms with Crippen LogP contribution in [0.3, 0.4) is 0 Å². The second-order valence-corrected chi connectivity index (χ2v) is 6.09. The summed E-state index contributed by atoms with van der Waals surface area (Å²) in [6, 6.07) is 0.353. The molecule has 0 saturated carbocycles. The molecule has 0 aliphatic carbocycles. The van der Waals surface area contributed by atoms with Crippen LogP contribution in [-0.2, 0) is 10.5 Å². The molecule has 90 valence electrons. The van der Waals surface area contributed by atoms with Gasteiger partial charge in [0.2, 0.25) is 0 Å². The molecule has 1 rings (SSSR count). The Kier molecular flexibility index (Phi) is 4.02. The lowest BCUT2D eigenvalue weighted by Crippen LogP contribution is -2.27. The molecule has 0 unspecified atom stereocenters. The summed E-state index contributed by atoms with van der Waals surface area (Å²) < 4.78 is 1.30. The van der Waals surface area contributed by atoms with Crippen LogP contribution in [0.25, 0.3) is 0 Å². The van der Waals surface area contributed by atoms with E-state index in [1.807, 2.05) is 0 Å². The van der Waals surface area contributed by atoms with Crippen molar-refractivity contribution < 1.29 is 9.90 Å². The lowest BCUT2D eigenvalue weighted by molar-refractivity contribution is -0.138. The molecule has 0 fully saturated rings. The van der Waals surface area contributed by atoms with E-state index in [4.69, 9.17) is 5.11 Å². The van der Waals surface area contributed by atoms with Crippen molar-refractivity contribution in [2.24, 2.45) is 0 Å². The van der Waals surface area contributed by atoms with Crippen LogP contribution in [0, 0.1) is 0 Å². The summed E-state index contributed by atoms with van der Waals surface area (Å²) in [7, 11) is 0. The monoisotopic (exact) mass is 242 g/mol. The van der Waals surface area contributed by atoms with Crippen LogP contribution in [0.5, 0.6) is 0 Å². The predicted octanol–water partition coefficient (Wildman–Crippen LogP) is 2.56. The van der Waals surface area contributed by atoms with Crippen molar-refractivity contribution in [1.82, 2.24) is 9.55 Å². The molecule has 4 nitrogen and oxygen atoms in total. The number of aliphatic carboxylic acids is 1. The maximum Gasteiger partial charge on any atom is 0.319 e. The Hall–Kier alpha value is -0.970. The summed E-state index contributed by atoms with van der Waals surface area (Å²) >= 11 is 1.42. The van der Waals surface area contributed by atoms with Crippen LogP contribution in [0.4, 0.5) is 0 Å². The highest BCUT2D eigenvalue weighted by molar-refractivity contribution is 8.00. The van der Waals surface area contributed by atoms with Crippen molar-refractivity contribution in [2.75, 3.05) is 0 Å². The second-order valence-electron chi connectivity index (χ2n) is 4.49. The number of rotatable bonds is 5. The van der Waals surface area contributed by atoms with E-state index in [0.717, 1.165) is 5.69 Å². The molecule has 0 aliphatic heterocycles. The molecular formula is C11H18N2O2S. The summed E-state index contributed by atoms with van der Waals surface area (Å²) in [5, 5.41) is 9.01. The minimum atomic E-state index is -0.784. The van der Waals surface area contributed by atoms with Gasteiger partial charge < -0.3 is 9.67 Å². The van der Waals surface area contributed by atoms with Gasteiger partial charge in [0, 0.05) is 23.7 Å². The van der Waals surface area contributed by atoms with Gasteiger partial charge in [-0.25, -0.2) is 4.98 Å². The average Bonchev–Trinajstić information content (AvgIpc) is 2.62. The number of hydrogen-bond acceptors (Lipinski definition) is 3. The van der Waals surface area contributed by atoms with Crippen molar-refractivity contribution in [2.45, 2.75) is 44.2 Å². The third-order valence-corrected chi connectivity index (χ3v) is 3.73. The van der Waals surface area contributed by atoms with Crippen molar-refractivity contribution in [3.8, 4) is 0 Å². The molecular weight excluding hydrogens is 224 g/mol. The summed E-state index contributed by atoms with van der Waals surface area (Å²) in [5.41, 5.74) is 1.06. The van der Waals surface area contributed by atoms with Gasteiger partial charge in [-0.1, -0.05) is 0 Å². The van der Waals surface area contributed by atoms with Crippen LogP contribution in [0.15, 0.2) is 12.5 Å². The standard InChI is InChI=1S/C11H18N2O2S/c1-8(2)13-7-12-5-9(13)6-16-11(3,4)10(14)15/h5,7-8H,6H2,1-4H3,(H,14,15). The molecule has 1 N–H and O–H groups in total. The van der Waals surface area contributed by atoms with Gasteiger partial charge in [-0.3, -0.25) is 4.79 Å². The third kappa shape index (κ3) is 3.01. The van der Waals surface area contributed by atoms with Crippen molar-refractivity contribution in [3.63, 3.8) is 0 Å². The molecule has 0 spiro atoms. The maximum absolute atomic E-state index is 11.0. The zero-order valence-electron chi connectivity index (χ0n) is 10.1. The number of aromatic nitrogens is 2. The van der Waals surface area contributed by atoms with Gasteiger partial charge in [0.05, 0.1) is 6.33 Å². The van der Waals surface area contributed by atoms with Crippen LogP contribution in [0.1, 0.15) is 39.4 Å². The molecule has 0 bridgehead atoms. The lowest BCUT2D eigenvalue weighted by atomic mass is 10.2. The van der Waals surface area contributed by atoms with Gasteiger partial charge in [-0.15, -0.1) is 11.8 Å². The zero-order valence-corrected chi connectivity index (χ0v) is 10.9. The highest BCUT2D eigenvalue weighted by atomic mass is 32.2. The van der Waals surface area contributed by atoms with E-state index in [0.29, 0.717) is 11.8 Å². The Balaban J connectivity index is 2.68. The minimum Gasteiger partial charge on any atom is -0.480 e. The smallest absolute Gasteiger partial charge is 0.319 e. The van der Waals surface area contributed by atoms with Gasteiger partial charge in [-0.05, 0) is 27.7 Å². The van der Waals surface area contributed by atoms with E-state index >= 15 is 0 Å². The normalized spacial score (nSPS) is 12.1. The van der Waals surface area contributed by atoms with Crippen LogP contribution in [0.2, 0.25) is 0 Å². The van der Waals surface area contributed by atoms with E-state index in [1.165, 1.54) is 11.8 Å². The first-order valence-electron chi connectivity index (χ1n) is 5.22. The summed E-state index contributed by atoms with van der Waals surface area (Å²) in [5.74, 6) is -0.120. The molecule has 0 aliphatic rings. The Bertz CT molecular complexity index is 372. The minimum absolute atomic E-state index is 0.353. The van der Waals surface area contributed by atoms with Gasteiger partial charge in [0.1, 0.15) is 4.75 Å². The van der Waals surface area contributed by atoms with E-state index < -0.39 is 10.7 Å². The number of carboxylic acid groups (broad SMARTS) is 1. The number of thioether (sulfide) groups is 1. The maximum atomic E-state index is 11.0. The molecule has 1 aromatic rings. The van der Waals surface area contributed by atoms with Gasteiger partial charge in [0.15, 0.2) is 0 Å². The third-order valence-electron chi connectivity index (χ3n) is 2.40. The van der Waals surface area contributed by atoms with Crippen LogP contribution >= 0.6 is 11.8 Å². The first-order chi connectivity index (χ1) is 7.34. The lowest BCUT2D eigenvalue weighted by Gasteiger charge is -2.19. The van der Waals surface area contributed by atoms with Crippen LogP contribution < -0.4 is 0 Å². The summed E-state index contributed by atoms with van der Waals surface area (Å²) in [4.78, 5) is 15.0. The fraction of sp³-hybridized carbons (Fsp3) is 0.636. The van der Waals surface area contributed by atoms with Crippen molar-refractivity contribution >= 4 is 17.7 Å². The highest BCUT2D eigenvalue weighted by Gasteiger charge is 2.27. The molecule has 0 atom stereocenters. The average molecular weight is 242 g/mol. The first-order valence-corrected chi connectivity index (χ1v) is 6.21.